The highest BCUT2D eigenvalue weighted by atomic mass is 16.5. The third-order valence-electron chi connectivity index (χ3n) is 4.73. The van der Waals surface area contributed by atoms with E-state index >= 15 is 0 Å². The number of rotatable bonds is 8. The SMILES string of the molecule is COCCNC(=O)CCNC(=O)C1(c2cccc(C)c2)CCCC1. The van der Waals surface area contributed by atoms with Crippen LogP contribution in [0.5, 0.6) is 0 Å². The largest absolute Gasteiger partial charge is 0.383 e. The van der Waals surface area contributed by atoms with Crippen LogP contribution in [0.4, 0.5) is 0 Å². The molecular weight excluding hydrogens is 304 g/mol. The zero-order valence-corrected chi connectivity index (χ0v) is 14.7. The number of carbonyl (C=O) groups excluding carboxylic acids is 2. The summed E-state index contributed by atoms with van der Waals surface area (Å²) in [5.74, 6) is -0.0151. The molecule has 5 heteroatoms. The third kappa shape index (κ3) is 4.57. The maximum atomic E-state index is 12.9. The lowest BCUT2D eigenvalue weighted by Crippen LogP contribution is -2.44. The molecule has 0 unspecified atom stereocenters. The van der Waals surface area contributed by atoms with Crippen LogP contribution in [0.1, 0.15) is 43.2 Å². The van der Waals surface area contributed by atoms with Gasteiger partial charge in [0.2, 0.25) is 11.8 Å². The van der Waals surface area contributed by atoms with E-state index in [1.165, 1.54) is 5.56 Å². The highest BCUT2D eigenvalue weighted by molar-refractivity contribution is 5.89. The molecule has 132 valence electrons. The first-order chi connectivity index (χ1) is 11.6. The first kappa shape index (κ1) is 18.5. The number of carbonyl (C=O) groups is 2. The van der Waals surface area contributed by atoms with E-state index in [0.717, 1.165) is 31.2 Å². The summed E-state index contributed by atoms with van der Waals surface area (Å²) in [4.78, 5) is 24.6. The lowest BCUT2D eigenvalue weighted by atomic mass is 9.77. The Balaban J connectivity index is 1.92. The summed E-state index contributed by atoms with van der Waals surface area (Å²) in [5.41, 5.74) is 1.84. The van der Waals surface area contributed by atoms with Gasteiger partial charge in [-0.15, -0.1) is 0 Å². The first-order valence-electron chi connectivity index (χ1n) is 8.69. The van der Waals surface area contributed by atoms with Crippen LogP contribution in [-0.4, -0.2) is 38.6 Å². The monoisotopic (exact) mass is 332 g/mol. The first-order valence-corrected chi connectivity index (χ1v) is 8.69. The number of nitrogens with one attached hydrogen (secondary N) is 2. The molecule has 24 heavy (non-hydrogen) atoms. The van der Waals surface area contributed by atoms with Gasteiger partial charge in [-0.1, -0.05) is 42.7 Å². The van der Waals surface area contributed by atoms with Crippen LogP contribution in [0.15, 0.2) is 24.3 Å². The molecule has 0 bridgehead atoms. The number of methoxy groups -OCH3 is 1. The van der Waals surface area contributed by atoms with Crippen LogP contribution in [0.25, 0.3) is 0 Å². The molecule has 1 aliphatic rings. The molecule has 1 fully saturated rings. The Labute approximate surface area is 144 Å². The molecule has 0 aliphatic heterocycles. The lowest BCUT2D eigenvalue weighted by Gasteiger charge is -2.28. The molecule has 0 spiro atoms. The minimum Gasteiger partial charge on any atom is -0.383 e. The number of amides is 2. The standard InChI is InChI=1S/C19H28N2O3/c1-15-6-5-7-16(14-15)19(9-3-4-10-19)18(23)21-11-8-17(22)20-12-13-24-2/h5-7,14H,3-4,8-13H2,1-2H3,(H,20,22)(H,21,23). The van der Waals surface area contributed by atoms with Crippen molar-refractivity contribution in [2.75, 3.05) is 26.8 Å². The van der Waals surface area contributed by atoms with Gasteiger partial charge in [0.25, 0.3) is 0 Å². The topological polar surface area (TPSA) is 67.4 Å². The predicted octanol–water partition coefficient (Wildman–Crippen LogP) is 2.08. The van der Waals surface area contributed by atoms with Crippen molar-refractivity contribution in [3.8, 4) is 0 Å². The second-order valence-electron chi connectivity index (χ2n) is 6.51. The summed E-state index contributed by atoms with van der Waals surface area (Å²) in [5, 5.41) is 5.73. The molecule has 0 aromatic heterocycles. The van der Waals surface area contributed by atoms with Gasteiger partial charge >= 0.3 is 0 Å². The van der Waals surface area contributed by atoms with Crippen molar-refractivity contribution in [3.63, 3.8) is 0 Å². The Kier molecular flexibility index (Phi) is 6.79. The van der Waals surface area contributed by atoms with Gasteiger partial charge in [-0.25, -0.2) is 0 Å². The van der Waals surface area contributed by atoms with E-state index in [1.54, 1.807) is 7.11 Å². The van der Waals surface area contributed by atoms with Crippen molar-refractivity contribution < 1.29 is 14.3 Å². The Morgan fingerprint density at radius 2 is 1.92 bits per heavy atom. The quantitative estimate of drug-likeness (QED) is 0.716. The Hall–Kier alpha value is -1.88. The minimum atomic E-state index is -0.432. The van der Waals surface area contributed by atoms with E-state index in [0.29, 0.717) is 26.1 Å². The van der Waals surface area contributed by atoms with Crippen LogP contribution >= 0.6 is 0 Å². The highest BCUT2D eigenvalue weighted by Gasteiger charge is 2.42. The average Bonchev–Trinajstić information content (AvgIpc) is 3.06. The van der Waals surface area contributed by atoms with E-state index in [9.17, 15) is 9.59 Å². The molecule has 1 aromatic carbocycles. The fourth-order valence-corrected chi connectivity index (χ4v) is 3.41. The Bertz CT molecular complexity index is 565. The number of hydrogen-bond donors (Lipinski definition) is 2. The molecule has 0 heterocycles. The molecule has 1 saturated carbocycles. The smallest absolute Gasteiger partial charge is 0.230 e. The second kappa shape index (κ2) is 8.83. The molecule has 2 N–H and O–H groups in total. The number of benzene rings is 1. The highest BCUT2D eigenvalue weighted by Crippen LogP contribution is 2.41. The molecule has 0 radical (unpaired) electrons. The van der Waals surface area contributed by atoms with E-state index in [2.05, 4.69) is 35.8 Å². The molecule has 1 aromatic rings. The zero-order valence-electron chi connectivity index (χ0n) is 14.7. The molecular formula is C19H28N2O3. The maximum absolute atomic E-state index is 12.9. The van der Waals surface area contributed by atoms with Crippen molar-refractivity contribution >= 4 is 11.8 Å². The van der Waals surface area contributed by atoms with Gasteiger partial charge in [-0.05, 0) is 25.3 Å². The van der Waals surface area contributed by atoms with Crippen molar-refractivity contribution in [1.82, 2.24) is 10.6 Å². The minimum absolute atomic E-state index is 0.0512. The molecule has 1 aliphatic carbocycles. The van der Waals surface area contributed by atoms with E-state index in [1.807, 2.05) is 6.07 Å². The van der Waals surface area contributed by atoms with Crippen LogP contribution < -0.4 is 10.6 Å². The van der Waals surface area contributed by atoms with Gasteiger partial charge < -0.3 is 15.4 Å². The van der Waals surface area contributed by atoms with Gasteiger partial charge in [0, 0.05) is 26.6 Å². The fourth-order valence-electron chi connectivity index (χ4n) is 3.41. The Morgan fingerprint density at radius 3 is 2.58 bits per heavy atom. The molecule has 2 rings (SSSR count). The van der Waals surface area contributed by atoms with Gasteiger partial charge in [0.15, 0.2) is 0 Å². The van der Waals surface area contributed by atoms with Gasteiger partial charge in [0.1, 0.15) is 0 Å². The van der Waals surface area contributed by atoms with Gasteiger partial charge in [-0.3, -0.25) is 9.59 Å². The van der Waals surface area contributed by atoms with E-state index < -0.39 is 5.41 Å². The normalized spacial score (nSPS) is 15.9. The van der Waals surface area contributed by atoms with Crippen molar-refractivity contribution in [1.29, 1.82) is 0 Å². The summed E-state index contributed by atoms with van der Waals surface area (Å²) >= 11 is 0. The predicted molar refractivity (Wildman–Crippen MR) is 93.8 cm³/mol. The van der Waals surface area contributed by atoms with Gasteiger partial charge in [0.05, 0.1) is 12.0 Å². The summed E-state index contributed by atoms with van der Waals surface area (Å²) in [6, 6.07) is 8.23. The number of hydrogen-bond acceptors (Lipinski definition) is 3. The molecule has 5 nitrogen and oxygen atoms in total. The summed E-state index contributed by atoms with van der Waals surface area (Å²) in [7, 11) is 1.60. The number of aryl methyl sites for hydroxylation is 1. The average molecular weight is 332 g/mol. The third-order valence-corrected chi connectivity index (χ3v) is 4.73. The van der Waals surface area contributed by atoms with Crippen LogP contribution in [0.3, 0.4) is 0 Å². The summed E-state index contributed by atoms with van der Waals surface area (Å²) in [6.45, 7) is 3.41. The molecule has 2 amide bonds. The number of ether oxygens (including phenoxy) is 1. The summed E-state index contributed by atoms with van der Waals surface area (Å²) in [6.07, 6.45) is 4.18. The summed E-state index contributed by atoms with van der Waals surface area (Å²) < 4.78 is 4.89. The van der Waals surface area contributed by atoms with E-state index in [4.69, 9.17) is 4.74 Å². The Morgan fingerprint density at radius 1 is 1.17 bits per heavy atom. The van der Waals surface area contributed by atoms with Gasteiger partial charge in [-0.2, -0.15) is 0 Å². The van der Waals surface area contributed by atoms with Crippen LogP contribution in [0, 0.1) is 6.92 Å². The molecule has 0 atom stereocenters. The second-order valence-corrected chi connectivity index (χ2v) is 6.51. The molecule has 0 saturated heterocycles. The van der Waals surface area contributed by atoms with Crippen LogP contribution in [-0.2, 0) is 19.7 Å². The van der Waals surface area contributed by atoms with E-state index in [-0.39, 0.29) is 11.8 Å². The fraction of sp³-hybridized carbons (Fsp3) is 0.579. The lowest BCUT2D eigenvalue weighted by molar-refractivity contribution is -0.127. The van der Waals surface area contributed by atoms with Crippen molar-refractivity contribution in [2.24, 2.45) is 0 Å². The van der Waals surface area contributed by atoms with Crippen molar-refractivity contribution in [3.05, 3.63) is 35.4 Å². The zero-order chi connectivity index (χ0) is 17.4. The van der Waals surface area contributed by atoms with Crippen LogP contribution in [0.2, 0.25) is 0 Å². The van der Waals surface area contributed by atoms with Crippen molar-refractivity contribution in [2.45, 2.75) is 44.4 Å². The maximum Gasteiger partial charge on any atom is 0.230 e.